The fourth-order valence-electron chi connectivity index (χ4n) is 4.57. The molecule has 3 aliphatic rings. The summed E-state index contributed by atoms with van der Waals surface area (Å²) in [4.78, 5) is 28.3. The van der Waals surface area contributed by atoms with Crippen molar-refractivity contribution in [3.63, 3.8) is 0 Å². The number of anilines is 1. The lowest BCUT2D eigenvalue weighted by molar-refractivity contribution is -0.118. The van der Waals surface area contributed by atoms with Crippen LogP contribution in [0.15, 0.2) is 75.5 Å². The van der Waals surface area contributed by atoms with Crippen LogP contribution in [0.4, 0.5) is 5.69 Å². The van der Waals surface area contributed by atoms with Gasteiger partial charge >= 0.3 is 0 Å². The summed E-state index contributed by atoms with van der Waals surface area (Å²) < 4.78 is 0.980. The van der Waals surface area contributed by atoms with Crippen molar-refractivity contribution in [2.45, 2.75) is 18.8 Å². The van der Waals surface area contributed by atoms with E-state index < -0.39 is 5.92 Å². The van der Waals surface area contributed by atoms with Crippen molar-refractivity contribution in [2.24, 2.45) is 0 Å². The Bertz CT molecular complexity index is 1060. The molecule has 0 saturated heterocycles. The van der Waals surface area contributed by atoms with Gasteiger partial charge in [0.25, 0.3) is 0 Å². The molecule has 2 amide bonds. The number of rotatable bonds is 2. The summed E-state index contributed by atoms with van der Waals surface area (Å²) in [6, 6.07) is 15.4. The van der Waals surface area contributed by atoms with Crippen molar-refractivity contribution in [1.29, 1.82) is 0 Å². The third-order valence-electron chi connectivity index (χ3n) is 5.81. The quantitative estimate of drug-likeness (QED) is 0.670. The van der Waals surface area contributed by atoms with E-state index in [-0.39, 0.29) is 11.8 Å². The molecule has 5 rings (SSSR count). The lowest BCUT2D eigenvalue weighted by Crippen LogP contribution is -2.47. The highest BCUT2D eigenvalue weighted by molar-refractivity contribution is 9.10. The van der Waals surface area contributed by atoms with Crippen LogP contribution < -0.4 is 15.5 Å². The van der Waals surface area contributed by atoms with E-state index in [0.29, 0.717) is 42.1 Å². The van der Waals surface area contributed by atoms with E-state index in [0.717, 1.165) is 27.1 Å². The van der Waals surface area contributed by atoms with Crippen LogP contribution in [0.3, 0.4) is 0 Å². The molecule has 2 aromatic rings. The number of nitrogens with zero attached hydrogens (tertiary/aromatic N) is 1. The maximum atomic E-state index is 13.1. The number of hydrogen-bond acceptors (Lipinski definition) is 3. The van der Waals surface area contributed by atoms with E-state index in [1.165, 1.54) is 0 Å². The SMILES string of the molecule is O=C1NCCC2=C1C(c1ccc(Cl)cc1)C1=C(CCNC1=O)N2c1ccc(Br)cc1. The van der Waals surface area contributed by atoms with Gasteiger partial charge in [0.1, 0.15) is 0 Å². The van der Waals surface area contributed by atoms with Gasteiger partial charge in [-0.3, -0.25) is 9.59 Å². The molecule has 2 N–H and O–H groups in total. The summed E-state index contributed by atoms with van der Waals surface area (Å²) in [6.45, 7) is 1.15. The average molecular weight is 485 g/mol. The molecule has 152 valence electrons. The van der Waals surface area contributed by atoms with E-state index in [4.69, 9.17) is 11.6 Å². The van der Waals surface area contributed by atoms with Crippen molar-refractivity contribution in [2.75, 3.05) is 18.0 Å². The predicted molar refractivity (Wildman–Crippen MR) is 120 cm³/mol. The number of amides is 2. The van der Waals surface area contributed by atoms with Crippen LogP contribution in [0.1, 0.15) is 24.3 Å². The molecule has 3 aliphatic heterocycles. The minimum absolute atomic E-state index is 0.122. The highest BCUT2D eigenvalue weighted by Gasteiger charge is 2.44. The van der Waals surface area contributed by atoms with Gasteiger partial charge in [0.15, 0.2) is 0 Å². The van der Waals surface area contributed by atoms with E-state index in [2.05, 4.69) is 31.5 Å². The maximum Gasteiger partial charge on any atom is 0.249 e. The van der Waals surface area contributed by atoms with Crippen LogP contribution in [0.2, 0.25) is 5.02 Å². The van der Waals surface area contributed by atoms with Gasteiger partial charge in [-0.15, -0.1) is 0 Å². The number of carbonyl (C=O) groups is 2. The van der Waals surface area contributed by atoms with Gasteiger partial charge in [0, 0.05) is 69.6 Å². The van der Waals surface area contributed by atoms with Crippen molar-refractivity contribution in [1.82, 2.24) is 10.6 Å². The van der Waals surface area contributed by atoms with Crippen LogP contribution in [0.25, 0.3) is 0 Å². The Morgan fingerprint density at radius 2 is 1.37 bits per heavy atom. The molecular weight excluding hydrogens is 466 g/mol. The molecule has 0 fully saturated rings. The summed E-state index contributed by atoms with van der Waals surface area (Å²) >= 11 is 9.59. The predicted octanol–water partition coefficient (Wildman–Crippen LogP) is 4.25. The van der Waals surface area contributed by atoms with E-state index in [9.17, 15) is 9.59 Å². The molecule has 2 aromatic carbocycles. The minimum atomic E-state index is -0.417. The molecule has 30 heavy (non-hydrogen) atoms. The largest absolute Gasteiger partial charge is 0.352 e. The van der Waals surface area contributed by atoms with Gasteiger partial charge < -0.3 is 15.5 Å². The molecule has 0 atom stereocenters. The van der Waals surface area contributed by atoms with E-state index in [1.807, 2.05) is 36.4 Å². The summed E-state index contributed by atoms with van der Waals surface area (Å²) in [5, 5.41) is 6.57. The van der Waals surface area contributed by atoms with Gasteiger partial charge in [-0.1, -0.05) is 39.7 Å². The fourth-order valence-corrected chi connectivity index (χ4v) is 4.96. The Morgan fingerprint density at radius 3 is 1.90 bits per heavy atom. The molecule has 0 saturated carbocycles. The molecule has 0 aromatic heterocycles. The highest BCUT2D eigenvalue weighted by atomic mass is 79.9. The van der Waals surface area contributed by atoms with Gasteiger partial charge in [-0.05, 0) is 42.0 Å². The lowest BCUT2D eigenvalue weighted by Gasteiger charge is -2.44. The number of benzene rings is 2. The van der Waals surface area contributed by atoms with Gasteiger partial charge in [-0.2, -0.15) is 0 Å². The zero-order chi connectivity index (χ0) is 20.8. The molecule has 5 nitrogen and oxygen atoms in total. The van der Waals surface area contributed by atoms with Gasteiger partial charge in [0.05, 0.1) is 0 Å². The zero-order valence-corrected chi connectivity index (χ0v) is 18.4. The number of hydrogen-bond donors (Lipinski definition) is 2. The van der Waals surface area contributed by atoms with Crippen LogP contribution in [0.5, 0.6) is 0 Å². The first-order chi connectivity index (χ1) is 14.5. The summed E-state index contributed by atoms with van der Waals surface area (Å²) in [5.74, 6) is -0.661. The Labute approximate surface area is 187 Å². The third-order valence-corrected chi connectivity index (χ3v) is 6.59. The zero-order valence-electron chi connectivity index (χ0n) is 16.0. The molecule has 0 aliphatic carbocycles. The second kappa shape index (κ2) is 7.60. The third kappa shape index (κ3) is 3.15. The number of carbonyl (C=O) groups excluding carboxylic acids is 2. The van der Waals surface area contributed by atoms with E-state index >= 15 is 0 Å². The first-order valence-corrected chi connectivity index (χ1v) is 11.1. The van der Waals surface area contributed by atoms with Crippen molar-refractivity contribution in [3.05, 3.63) is 86.1 Å². The van der Waals surface area contributed by atoms with Crippen LogP contribution >= 0.6 is 27.5 Å². The second-order valence-corrected chi connectivity index (χ2v) is 8.88. The molecule has 0 radical (unpaired) electrons. The van der Waals surface area contributed by atoms with Gasteiger partial charge in [-0.25, -0.2) is 0 Å². The molecular formula is C23H19BrClN3O2. The first-order valence-electron chi connectivity index (χ1n) is 9.88. The lowest BCUT2D eigenvalue weighted by atomic mass is 9.76. The average Bonchev–Trinajstić information content (AvgIpc) is 2.74. The van der Waals surface area contributed by atoms with Crippen molar-refractivity contribution < 1.29 is 9.59 Å². The summed E-state index contributed by atoms with van der Waals surface area (Å²) in [5.41, 5.74) is 5.06. The minimum Gasteiger partial charge on any atom is -0.352 e. The Hall–Kier alpha value is -2.57. The smallest absolute Gasteiger partial charge is 0.249 e. The Balaban J connectivity index is 1.77. The van der Waals surface area contributed by atoms with Crippen molar-refractivity contribution >= 4 is 45.0 Å². The molecule has 0 spiro atoms. The fraction of sp³-hybridized carbons (Fsp3) is 0.217. The van der Waals surface area contributed by atoms with E-state index in [1.54, 1.807) is 12.1 Å². The Morgan fingerprint density at radius 1 is 0.833 bits per heavy atom. The summed E-state index contributed by atoms with van der Waals surface area (Å²) in [6.07, 6.45) is 1.42. The van der Waals surface area contributed by atoms with Gasteiger partial charge in [0.2, 0.25) is 11.8 Å². The monoisotopic (exact) mass is 483 g/mol. The molecule has 7 heteroatoms. The first kappa shape index (κ1) is 19.4. The normalized spacial score (nSPS) is 19.3. The maximum absolute atomic E-state index is 13.1. The molecule has 0 unspecified atom stereocenters. The summed E-state index contributed by atoms with van der Waals surface area (Å²) in [7, 11) is 0. The number of nitrogens with one attached hydrogen (secondary N) is 2. The standard InChI is InChI=1S/C23H19BrClN3O2/c24-14-3-7-16(8-4-14)28-17-9-11-26-22(29)20(17)19(13-1-5-15(25)6-2-13)21-18(28)10-12-27-23(21)30/h1-8,19H,9-12H2,(H,26,29)(H,27,30). The topological polar surface area (TPSA) is 61.4 Å². The molecule has 3 heterocycles. The van der Waals surface area contributed by atoms with Crippen LogP contribution in [0, 0.1) is 0 Å². The van der Waals surface area contributed by atoms with Crippen LogP contribution in [-0.4, -0.2) is 24.9 Å². The second-order valence-electron chi connectivity index (χ2n) is 7.53. The molecule has 0 bridgehead atoms. The number of halogens is 2. The van der Waals surface area contributed by atoms with Crippen LogP contribution in [-0.2, 0) is 9.59 Å². The highest BCUT2D eigenvalue weighted by Crippen LogP contribution is 2.47. The van der Waals surface area contributed by atoms with Crippen molar-refractivity contribution in [3.8, 4) is 0 Å². The Kier molecular flexibility index (Phi) is 4.91.